The molecule has 98 valence electrons. The molecule has 1 heterocycles. The van der Waals surface area contributed by atoms with Gasteiger partial charge in [-0.15, -0.1) is 0 Å². The third-order valence-electron chi connectivity index (χ3n) is 3.43. The van der Waals surface area contributed by atoms with Crippen LogP contribution in [0.5, 0.6) is 0 Å². The van der Waals surface area contributed by atoms with Crippen LogP contribution in [0, 0.1) is 5.92 Å². The number of hydrogen-bond donors (Lipinski definition) is 1. The molecule has 1 aromatic heterocycles. The molecule has 17 heavy (non-hydrogen) atoms. The summed E-state index contributed by atoms with van der Waals surface area (Å²) < 4.78 is 1.86. The summed E-state index contributed by atoms with van der Waals surface area (Å²) in [4.78, 5) is 2.39. The van der Waals surface area contributed by atoms with Gasteiger partial charge in [-0.05, 0) is 33.0 Å². The molecule has 0 fully saturated rings. The first-order valence-electron chi connectivity index (χ1n) is 6.43. The fourth-order valence-electron chi connectivity index (χ4n) is 1.96. The molecule has 2 atom stereocenters. The zero-order valence-corrected chi connectivity index (χ0v) is 11.8. The maximum Gasteiger partial charge on any atom is 0.0534 e. The topological polar surface area (TPSA) is 33.1 Å². The van der Waals surface area contributed by atoms with E-state index in [1.165, 1.54) is 5.56 Å². The zero-order valence-electron chi connectivity index (χ0n) is 11.8. The summed E-state index contributed by atoms with van der Waals surface area (Å²) in [6.45, 7) is 9.83. The van der Waals surface area contributed by atoms with E-state index in [9.17, 15) is 0 Å². The Balaban J connectivity index is 2.43. The average Bonchev–Trinajstić information content (AvgIpc) is 2.70. The van der Waals surface area contributed by atoms with Crippen molar-refractivity contribution < 1.29 is 0 Å². The minimum atomic E-state index is 0.564. The molecule has 1 N–H and O–H groups in total. The normalized spacial score (nSPS) is 15.2. The first-order valence-corrected chi connectivity index (χ1v) is 6.43. The predicted molar refractivity (Wildman–Crippen MR) is 71.8 cm³/mol. The minimum Gasteiger partial charge on any atom is -0.317 e. The lowest BCUT2D eigenvalue weighted by Crippen LogP contribution is -2.38. The van der Waals surface area contributed by atoms with Crippen molar-refractivity contribution >= 4 is 0 Å². The Morgan fingerprint density at radius 3 is 2.71 bits per heavy atom. The molecule has 0 aliphatic heterocycles. The molecule has 0 bridgehead atoms. The lowest BCUT2D eigenvalue weighted by atomic mass is 10.0. The van der Waals surface area contributed by atoms with Crippen molar-refractivity contribution in [1.82, 2.24) is 20.0 Å². The number of aromatic nitrogens is 2. The summed E-state index contributed by atoms with van der Waals surface area (Å²) in [5.74, 6) is 0.650. The summed E-state index contributed by atoms with van der Waals surface area (Å²) in [7, 11) is 4.14. The summed E-state index contributed by atoms with van der Waals surface area (Å²) in [5, 5.41) is 7.61. The van der Waals surface area contributed by atoms with Gasteiger partial charge in [0.05, 0.1) is 6.20 Å². The van der Waals surface area contributed by atoms with Crippen LogP contribution in [0.4, 0.5) is 0 Å². The van der Waals surface area contributed by atoms with Crippen LogP contribution in [0.15, 0.2) is 12.4 Å². The van der Waals surface area contributed by atoms with Crippen molar-refractivity contribution in [1.29, 1.82) is 0 Å². The summed E-state index contributed by atoms with van der Waals surface area (Å²) in [5.41, 5.74) is 1.28. The van der Waals surface area contributed by atoms with Gasteiger partial charge in [-0.1, -0.05) is 13.8 Å². The third-order valence-corrected chi connectivity index (χ3v) is 3.43. The fourth-order valence-corrected chi connectivity index (χ4v) is 1.96. The van der Waals surface area contributed by atoms with Crippen LogP contribution in [0.1, 0.15) is 26.3 Å². The van der Waals surface area contributed by atoms with Crippen LogP contribution in [0.25, 0.3) is 0 Å². The Hall–Kier alpha value is -0.870. The van der Waals surface area contributed by atoms with E-state index in [1.807, 2.05) is 17.9 Å². The molecule has 4 heteroatoms. The number of hydrogen-bond acceptors (Lipinski definition) is 3. The second-order valence-corrected chi connectivity index (χ2v) is 4.96. The van der Waals surface area contributed by atoms with E-state index in [0.717, 1.165) is 19.6 Å². The Labute approximate surface area is 105 Å². The lowest BCUT2D eigenvalue weighted by molar-refractivity contribution is 0.189. The van der Waals surface area contributed by atoms with Gasteiger partial charge in [0, 0.05) is 31.4 Å². The molecular formula is C13H26N4. The van der Waals surface area contributed by atoms with Gasteiger partial charge in [-0.3, -0.25) is 9.58 Å². The number of rotatable bonds is 7. The highest BCUT2D eigenvalue weighted by Crippen LogP contribution is 2.11. The first kappa shape index (κ1) is 14.2. The lowest BCUT2D eigenvalue weighted by Gasteiger charge is -2.29. The van der Waals surface area contributed by atoms with Crippen LogP contribution < -0.4 is 5.32 Å². The second kappa shape index (κ2) is 6.77. The molecule has 0 aliphatic rings. The minimum absolute atomic E-state index is 0.564. The van der Waals surface area contributed by atoms with E-state index in [1.54, 1.807) is 0 Å². The van der Waals surface area contributed by atoms with Gasteiger partial charge in [0.25, 0.3) is 0 Å². The maximum absolute atomic E-state index is 4.20. The molecule has 0 aromatic carbocycles. The van der Waals surface area contributed by atoms with E-state index >= 15 is 0 Å². The molecule has 1 aromatic rings. The monoisotopic (exact) mass is 238 g/mol. The number of aryl methyl sites for hydroxylation is 1. The first-order chi connectivity index (χ1) is 8.04. The smallest absolute Gasteiger partial charge is 0.0534 e. The SMILES string of the molecule is CCNCC(C)C(C)N(C)Cc1cnn(C)c1. The zero-order chi connectivity index (χ0) is 12.8. The van der Waals surface area contributed by atoms with Gasteiger partial charge < -0.3 is 5.32 Å². The van der Waals surface area contributed by atoms with Crippen molar-refractivity contribution in [2.24, 2.45) is 13.0 Å². The van der Waals surface area contributed by atoms with E-state index in [2.05, 4.69) is 49.3 Å². The largest absolute Gasteiger partial charge is 0.317 e. The molecule has 0 aliphatic carbocycles. The maximum atomic E-state index is 4.20. The molecule has 0 spiro atoms. The highest BCUT2D eigenvalue weighted by Gasteiger charge is 2.16. The summed E-state index contributed by atoms with van der Waals surface area (Å²) >= 11 is 0. The molecule has 0 radical (unpaired) electrons. The molecule has 0 amide bonds. The highest BCUT2D eigenvalue weighted by molar-refractivity contribution is 5.03. The second-order valence-electron chi connectivity index (χ2n) is 4.96. The van der Waals surface area contributed by atoms with Crippen molar-refractivity contribution in [3.63, 3.8) is 0 Å². The number of nitrogens with one attached hydrogen (secondary N) is 1. The molecule has 0 saturated carbocycles. The van der Waals surface area contributed by atoms with Crippen molar-refractivity contribution in [2.45, 2.75) is 33.4 Å². The van der Waals surface area contributed by atoms with Crippen molar-refractivity contribution in [2.75, 3.05) is 20.1 Å². The van der Waals surface area contributed by atoms with Crippen LogP contribution >= 0.6 is 0 Å². The van der Waals surface area contributed by atoms with Gasteiger partial charge in [-0.2, -0.15) is 5.10 Å². The van der Waals surface area contributed by atoms with Gasteiger partial charge in [0.15, 0.2) is 0 Å². The summed E-state index contributed by atoms with van der Waals surface area (Å²) in [6.07, 6.45) is 4.02. The van der Waals surface area contributed by atoms with Crippen LogP contribution in [-0.4, -0.2) is 40.9 Å². The fraction of sp³-hybridized carbons (Fsp3) is 0.769. The average molecular weight is 238 g/mol. The summed E-state index contributed by atoms with van der Waals surface area (Å²) in [6, 6.07) is 0.564. The van der Waals surface area contributed by atoms with Crippen LogP contribution in [0.3, 0.4) is 0 Å². The third kappa shape index (κ3) is 4.48. The van der Waals surface area contributed by atoms with Crippen molar-refractivity contribution in [3.8, 4) is 0 Å². The molecule has 2 unspecified atom stereocenters. The van der Waals surface area contributed by atoms with Gasteiger partial charge >= 0.3 is 0 Å². The van der Waals surface area contributed by atoms with E-state index in [-0.39, 0.29) is 0 Å². The molecule has 4 nitrogen and oxygen atoms in total. The Bertz CT molecular complexity index is 321. The van der Waals surface area contributed by atoms with Gasteiger partial charge in [0.1, 0.15) is 0 Å². The standard InChI is InChI=1S/C13H26N4/c1-6-14-7-11(2)12(3)16(4)9-13-8-15-17(5)10-13/h8,10-12,14H,6-7,9H2,1-5H3. The van der Waals surface area contributed by atoms with Crippen LogP contribution in [0.2, 0.25) is 0 Å². The Morgan fingerprint density at radius 1 is 1.47 bits per heavy atom. The van der Waals surface area contributed by atoms with E-state index in [4.69, 9.17) is 0 Å². The van der Waals surface area contributed by atoms with Gasteiger partial charge in [0.2, 0.25) is 0 Å². The molecular weight excluding hydrogens is 212 g/mol. The molecule has 1 rings (SSSR count). The predicted octanol–water partition coefficient (Wildman–Crippen LogP) is 1.49. The highest BCUT2D eigenvalue weighted by atomic mass is 15.2. The molecule has 0 saturated heterocycles. The Morgan fingerprint density at radius 2 is 2.18 bits per heavy atom. The van der Waals surface area contributed by atoms with Crippen molar-refractivity contribution in [3.05, 3.63) is 18.0 Å². The quantitative estimate of drug-likeness (QED) is 0.781. The van der Waals surface area contributed by atoms with Crippen LogP contribution in [-0.2, 0) is 13.6 Å². The van der Waals surface area contributed by atoms with E-state index in [0.29, 0.717) is 12.0 Å². The Kier molecular flexibility index (Phi) is 5.65. The number of nitrogens with zero attached hydrogens (tertiary/aromatic N) is 3. The van der Waals surface area contributed by atoms with E-state index < -0.39 is 0 Å². The van der Waals surface area contributed by atoms with Gasteiger partial charge in [-0.25, -0.2) is 0 Å².